The van der Waals surface area contributed by atoms with Crippen LogP contribution in [0.3, 0.4) is 0 Å². The zero-order valence-electron chi connectivity index (χ0n) is 18.0. The van der Waals surface area contributed by atoms with Gasteiger partial charge < -0.3 is 9.80 Å². The van der Waals surface area contributed by atoms with E-state index in [1.807, 2.05) is 15.9 Å². The minimum Gasteiger partial charge on any atom is -0.342 e. The monoisotopic (exact) mass is 415 g/mol. The highest BCUT2D eigenvalue weighted by atomic mass is 19.1. The van der Waals surface area contributed by atoms with E-state index < -0.39 is 5.41 Å². The maximum atomic E-state index is 13.9. The number of hydrogen-bond acceptors (Lipinski definition) is 3. The third-order valence-electron chi connectivity index (χ3n) is 7.22. The molecule has 0 spiro atoms. The van der Waals surface area contributed by atoms with Gasteiger partial charge in [0.1, 0.15) is 5.82 Å². The number of amides is 2. The van der Waals surface area contributed by atoms with Gasteiger partial charge in [-0.05, 0) is 43.4 Å². The van der Waals surface area contributed by atoms with Crippen LogP contribution in [-0.4, -0.2) is 72.3 Å². The van der Waals surface area contributed by atoms with E-state index in [2.05, 4.69) is 4.90 Å². The maximum Gasteiger partial charge on any atom is 0.236 e. The average Bonchev–Trinajstić information content (AvgIpc) is 3.10. The Hall–Kier alpha value is -1.95. The van der Waals surface area contributed by atoms with Crippen molar-refractivity contribution in [3.05, 3.63) is 35.6 Å². The number of halogens is 1. The summed E-state index contributed by atoms with van der Waals surface area (Å²) in [6, 6.07) is 6.60. The molecule has 0 radical (unpaired) electrons. The Kier molecular flexibility index (Phi) is 6.71. The third-order valence-corrected chi connectivity index (χ3v) is 7.22. The third kappa shape index (κ3) is 4.53. The quantitative estimate of drug-likeness (QED) is 0.759. The van der Waals surface area contributed by atoms with Crippen molar-refractivity contribution in [2.75, 3.05) is 45.8 Å². The van der Waals surface area contributed by atoms with Crippen molar-refractivity contribution in [3.8, 4) is 0 Å². The first kappa shape index (κ1) is 21.3. The molecule has 3 aliphatic rings. The summed E-state index contributed by atoms with van der Waals surface area (Å²) in [5, 5.41) is 0. The highest BCUT2D eigenvalue weighted by Gasteiger charge is 2.45. The van der Waals surface area contributed by atoms with E-state index in [4.69, 9.17) is 0 Å². The molecule has 2 aliphatic heterocycles. The molecule has 1 aromatic rings. The summed E-state index contributed by atoms with van der Waals surface area (Å²) in [5.74, 6) is 0.0937. The Morgan fingerprint density at radius 1 is 0.833 bits per heavy atom. The summed E-state index contributed by atoms with van der Waals surface area (Å²) in [6.07, 6.45) is 8.26. The topological polar surface area (TPSA) is 43.9 Å². The van der Waals surface area contributed by atoms with Crippen molar-refractivity contribution in [2.24, 2.45) is 0 Å². The molecule has 5 nitrogen and oxygen atoms in total. The number of likely N-dealkylation sites (tertiary alicyclic amines) is 1. The van der Waals surface area contributed by atoms with Gasteiger partial charge in [0.2, 0.25) is 11.8 Å². The van der Waals surface area contributed by atoms with Crippen LogP contribution in [0.25, 0.3) is 0 Å². The molecule has 30 heavy (non-hydrogen) atoms. The molecule has 0 atom stereocenters. The smallest absolute Gasteiger partial charge is 0.236 e. The first-order valence-corrected chi connectivity index (χ1v) is 11.6. The Morgan fingerprint density at radius 3 is 2.13 bits per heavy atom. The van der Waals surface area contributed by atoms with Gasteiger partial charge in [-0.25, -0.2) is 4.39 Å². The summed E-state index contributed by atoms with van der Waals surface area (Å²) in [6.45, 7) is 4.96. The van der Waals surface area contributed by atoms with Gasteiger partial charge in [-0.1, -0.05) is 37.8 Å². The van der Waals surface area contributed by atoms with Crippen molar-refractivity contribution < 1.29 is 14.0 Å². The summed E-state index contributed by atoms with van der Waals surface area (Å²) in [7, 11) is 0. The number of nitrogens with zero attached hydrogens (tertiary/aromatic N) is 3. The Labute approximate surface area is 179 Å². The molecule has 3 fully saturated rings. The van der Waals surface area contributed by atoms with Crippen LogP contribution in [0.4, 0.5) is 4.39 Å². The molecule has 0 N–H and O–H groups in total. The molecule has 164 valence electrons. The zero-order valence-corrected chi connectivity index (χ0v) is 18.0. The molecule has 4 rings (SSSR count). The highest BCUT2D eigenvalue weighted by molar-refractivity contribution is 5.89. The molecule has 1 aliphatic carbocycles. The van der Waals surface area contributed by atoms with Crippen LogP contribution in [0.5, 0.6) is 0 Å². The minimum atomic E-state index is -0.577. The van der Waals surface area contributed by atoms with Crippen LogP contribution in [0.15, 0.2) is 24.3 Å². The van der Waals surface area contributed by atoms with Gasteiger partial charge in [0.05, 0.1) is 12.0 Å². The lowest BCUT2D eigenvalue weighted by Crippen LogP contribution is -2.55. The molecule has 1 aromatic carbocycles. The van der Waals surface area contributed by atoms with Crippen LogP contribution >= 0.6 is 0 Å². The predicted molar refractivity (Wildman–Crippen MR) is 115 cm³/mol. The number of hydrogen-bond donors (Lipinski definition) is 0. The maximum absolute atomic E-state index is 13.9. The van der Waals surface area contributed by atoms with Crippen molar-refractivity contribution in [1.82, 2.24) is 14.7 Å². The van der Waals surface area contributed by atoms with Gasteiger partial charge in [0.15, 0.2) is 0 Å². The molecule has 1 saturated carbocycles. The Morgan fingerprint density at radius 2 is 1.50 bits per heavy atom. The number of carbonyl (C=O) groups excluding carboxylic acids is 2. The number of benzene rings is 1. The van der Waals surface area contributed by atoms with Crippen LogP contribution in [0, 0.1) is 5.82 Å². The average molecular weight is 416 g/mol. The fourth-order valence-corrected chi connectivity index (χ4v) is 5.41. The lowest BCUT2D eigenvalue weighted by atomic mass is 9.77. The molecule has 2 amide bonds. The second kappa shape index (κ2) is 9.46. The first-order valence-electron chi connectivity index (χ1n) is 11.6. The summed E-state index contributed by atoms with van der Waals surface area (Å²) in [4.78, 5) is 32.4. The molecular weight excluding hydrogens is 381 g/mol. The van der Waals surface area contributed by atoms with Crippen molar-refractivity contribution in [2.45, 2.75) is 56.8 Å². The molecule has 6 heteroatoms. The Bertz CT molecular complexity index is 747. The standard InChI is InChI=1S/C24H34FN3O2/c25-21-9-7-8-20(18-21)24(10-3-4-11-24)23(30)28-16-14-26(15-17-28)19-22(29)27-12-5-1-2-6-13-27/h7-9,18H,1-6,10-17,19H2. The van der Waals surface area contributed by atoms with Crippen molar-refractivity contribution in [1.29, 1.82) is 0 Å². The van der Waals surface area contributed by atoms with E-state index in [0.29, 0.717) is 19.6 Å². The van der Waals surface area contributed by atoms with Crippen LogP contribution in [0.1, 0.15) is 56.9 Å². The van der Waals surface area contributed by atoms with E-state index in [9.17, 15) is 14.0 Å². The normalized spacial score (nSPS) is 22.7. The van der Waals surface area contributed by atoms with Gasteiger partial charge in [0.25, 0.3) is 0 Å². The van der Waals surface area contributed by atoms with E-state index in [-0.39, 0.29) is 17.6 Å². The van der Waals surface area contributed by atoms with Crippen LogP contribution < -0.4 is 0 Å². The summed E-state index contributed by atoms with van der Waals surface area (Å²) < 4.78 is 13.9. The van der Waals surface area contributed by atoms with E-state index in [1.165, 1.54) is 18.9 Å². The number of piperazine rings is 1. The number of rotatable bonds is 4. The van der Waals surface area contributed by atoms with E-state index in [1.54, 1.807) is 12.1 Å². The lowest BCUT2D eigenvalue weighted by Gasteiger charge is -2.40. The van der Waals surface area contributed by atoms with Crippen molar-refractivity contribution in [3.63, 3.8) is 0 Å². The van der Waals surface area contributed by atoms with Gasteiger partial charge >= 0.3 is 0 Å². The first-order chi connectivity index (χ1) is 14.6. The lowest BCUT2D eigenvalue weighted by molar-refractivity contribution is -0.140. The van der Waals surface area contributed by atoms with E-state index in [0.717, 1.165) is 70.3 Å². The van der Waals surface area contributed by atoms with Crippen LogP contribution in [0.2, 0.25) is 0 Å². The summed E-state index contributed by atoms with van der Waals surface area (Å²) in [5.41, 5.74) is 0.246. The molecule has 2 saturated heterocycles. The van der Waals surface area contributed by atoms with Gasteiger partial charge in [-0.15, -0.1) is 0 Å². The fraction of sp³-hybridized carbons (Fsp3) is 0.667. The zero-order chi connectivity index (χ0) is 21.0. The molecule has 0 bridgehead atoms. The van der Waals surface area contributed by atoms with Gasteiger partial charge in [0, 0.05) is 39.3 Å². The highest BCUT2D eigenvalue weighted by Crippen LogP contribution is 2.43. The SMILES string of the molecule is O=C(CN1CCN(C(=O)C2(c3cccc(F)c3)CCCC2)CC1)N1CCCCCC1. The number of carbonyl (C=O) groups is 2. The Balaban J connectivity index is 1.36. The summed E-state index contributed by atoms with van der Waals surface area (Å²) >= 11 is 0. The predicted octanol–water partition coefficient (Wildman–Crippen LogP) is 3.18. The largest absolute Gasteiger partial charge is 0.342 e. The molecular formula is C24H34FN3O2. The van der Waals surface area contributed by atoms with Gasteiger partial charge in [-0.3, -0.25) is 14.5 Å². The second-order valence-electron chi connectivity index (χ2n) is 9.16. The minimum absolute atomic E-state index is 0.143. The molecule has 0 unspecified atom stereocenters. The molecule has 0 aromatic heterocycles. The van der Waals surface area contributed by atoms with Crippen molar-refractivity contribution >= 4 is 11.8 Å². The van der Waals surface area contributed by atoms with Gasteiger partial charge in [-0.2, -0.15) is 0 Å². The van der Waals surface area contributed by atoms with E-state index >= 15 is 0 Å². The second-order valence-corrected chi connectivity index (χ2v) is 9.16. The fourth-order valence-electron chi connectivity index (χ4n) is 5.41. The van der Waals surface area contributed by atoms with Crippen LogP contribution in [-0.2, 0) is 15.0 Å². The molecule has 2 heterocycles.